The molecule has 1 aromatic heterocycles. The summed E-state index contributed by atoms with van der Waals surface area (Å²) in [5.74, 6) is 0.687. The maximum absolute atomic E-state index is 12.7. The van der Waals surface area contributed by atoms with Gasteiger partial charge in [-0.1, -0.05) is 35.1 Å². The standard InChI is InChI=1S/C21H24N2O2S/c1-6-23-20-17(25-5)8-7-9-18(20)26-21(23)22-19(24)12-16-14(3)10-13(2)11-15(16)4/h7-11H,6,12H2,1-5H3. The number of benzene rings is 2. The van der Waals surface area contributed by atoms with Gasteiger partial charge in [0, 0.05) is 6.54 Å². The molecule has 0 aliphatic heterocycles. The van der Waals surface area contributed by atoms with Crippen LogP contribution in [0, 0.1) is 20.8 Å². The summed E-state index contributed by atoms with van der Waals surface area (Å²) in [7, 11) is 1.66. The van der Waals surface area contributed by atoms with Crippen molar-refractivity contribution in [3.8, 4) is 5.75 Å². The Bertz CT molecular complexity index is 1020. The van der Waals surface area contributed by atoms with Gasteiger partial charge in [-0.05, 0) is 56.5 Å². The minimum atomic E-state index is -0.118. The topological polar surface area (TPSA) is 43.6 Å². The lowest BCUT2D eigenvalue weighted by molar-refractivity contribution is -0.117. The second-order valence-corrected chi connectivity index (χ2v) is 7.50. The van der Waals surface area contributed by atoms with Crippen LogP contribution < -0.4 is 9.54 Å². The number of para-hydroxylation sites is 1. The molecule has 4 nitrogen and oxygen atoms in total. The van der Waals surface area contributed by atoms with Crippen molar-refractivity contribution in [2.24, 2.45) is 4.99 Å². The molecule has 0 bridgehead atoms. The summed E-state index contributed by atoms with van der Waals surface area (Å²) in [4.78, 5) is 17.8. The number of amides is 1. The predicted octanol–water partition coefficient (Wildman–Crippen LogP) is 4.33. The van der Waals surface area contributed by atoms with E-state index in [9.17, 15) is 4.79 Å². The highest BCUT2D eigenvalue weighted by atomic mass is 32.1. The zero-order valence-electron chi connectivity index (χ0n) is 15.9. The first-order chi connectivity index (χ1) is 12.4. The van der Waals surface area contributed by atoms with E-state index >= 15 is 0 Å². The first kappa shape index (κ1) is 18.4. The molecular weight excluding hydrogens is 344 g/mol. The second kappa shape index (κ2) is 7.46. The van der Waals surface area contributed by atoms with E-state index in [1.54, 1.807) is 7.11 Å². The molecule has 0 N–H and O–H groups in total. The molecule has 0 fully saturated rings. The van der Waals surface area contributed by atoms with Crippen molar-refractivity contribution >= 4 is 27.5 Å². The number of aryl methyl sites for hydroxylation is 4. The first-order valence-corrected chi connectivity index (χ1v) is 9.56. The van der Waals surface area contributed by atoms with E-state index in [4.69, 9.17) is 4.74 Å². The monoisotopic (exact) mass is 368 g/mol. The van der Waals surface area contributed by atoms with Crippen molar-refractivity contribution < 1.29 is 9.53 Å². The van der Waals surface area contributed by atoms with Crippen LogP contribution in [0.1, 0.15) is 29.2 Å². The zero-order valence-corrected chi connectivity index (χ0v) is 16.7. The van der Waals surface area contributed by atoms with Gasteiger partial charge in [0.15, 0.2) is 4.80 Å². The van der Waals surface area contributed by atoms with Crippen LogP contribution in [-0.4, -0.2) is 17.6 Å². The third-order valence-electron chi connectivity index (χ3n) is 4.59. The van der Waals surface area contributed by atoms with Crippen molar-refractivity contribution in [2.45, 2.75) is 40.7 Å². The quantitative estimate of drug-likeness (QED) is 0.688. The third kappa shape index (κ3) is 3.44. The number of fused-ring (bicyclic) bond motifs is 1. The first-order valence-electron chi connectivity index (χ1n) is 8.75. The molecule has 26 heavy (non-hydrogen) atoms. The summed E-state index contributed by atoms with van der Waals surface area (Å²) in [6, 6.07) is 10.2. The Morgan fingerprint density at radius 1 is 1.19 bits per heavy atom. The Hall–Kier alpha value is -2.40. The highest BCUT2D eigenvalue weighted by Gasteiger charge is 2.13. The SMILES string of the molecule is CCn1c(=NC(=O)Cc2c(C)cc(C)cc2C)sc2cccc(OC)c21. The number of rotatable bonds is 4. The number of carbonyl (C=O) groups excluding carboxylic acids is 1. The fraction of sp³-hybridized carbons (Fsp3) is 0.333. The van der Waals surface area contributed by atoms with Crippen LogP contribution >= 0.6 is 11.3 Å². The largest absolute Gasteiger partial charge is 0.495 e. The lowest BCUT2D eigenvalue weighted by Crippen LogP contribution is -2.17. The molecule has 0 radical (unpaired) electrons. The molecule has 3 aromatic rings. The summed E-state index contributed by atoms with van der Waals surface area (Å²) in [5.41, 5.74) is 5.58. The van der Waals surface area contributed by atoms with Crippen molar-refractivity contribution in [1.82, 2.24) is 4.57 Å². The van der Waals surface area contributed by atoms with Gasteiger partial charge >= 0.3 is 0 Å². The second-order valence-electron chi connectivity index (χ2n) is 6.50. The predicted molar refractivity (Wildman–Crippen MR) is 107 cm³/mol. The van der Waals surface area contributed by atoms with Crippen LogP contribution in [-0.2, 0) is 17.8 Å². The molecule has 0 saturated heterocycles. The Morgan fingerprint density at radius 2 is 1.88 bits per heavy atom. The molecule has 0 spiro atoms. The fourth-order valence-corrected chi connectivity index (χ4v) is 4.56. The van der Waals surface area contributed by atoms with E-state index in [2.05, 4.69) is 44.8 Å². The van der Waals surface area contributed by atoms with Gasteiger partial charge in [-0.2, -0.15) is 4.99 Å². The van der Waals surface area contributed by atoms with Gasteiger partial charge < -0.3 is 9.30 Å². The van der Waals surface area contributed by atoms with Gasteiger partial charge in [0.05, 0.1) is 18.2 Å². The number of thiazole rings is 1. The van der Waals surface area contributed by atoms with Crippen LogP contribution in [0.2, 0.25) is 0 Å². The molecule has 5 heteroatoms. The summed E-state index contributed by atoms with van der Waals surface area (Å²) < 4.78 is 8.60. The summed E-state index contributed by atoms with van der Waals surface area (Å²) in [6.45, 7) is 8.97. The minimum absolute atomic E-state index is 0.118. The molecule has 0 saturated carbocycles. The zero-order chi connectivity index (χ0) is 18.8. The highest BCUT2D eigenvalue weighted by molar-refractivity contribution is 7.16. The molecule has 2 aromatic carbocycles. The summed E-state index contributed by atoms with van der Waals surface area (Å²) in [5, 5.41) is 0. The number of hydrogen-bond acceptors (Lipinski definition) is 3. The number of nitrogens with zero attached hydrogens (tertiary/aromatic N) is 2. The number of ether oxygens (including phenoxy) is 1. The lowest BCUT2D eigenvalue weighted by Gasteiger charge is -2.09. The molecule has 0 unspecified atom stereocenters. The van der Waals surface area contributed by atoms with Crippen LogP contribution in [0.5, 0.6) is 5.75 Å². The molecule has 3 rings (SSSR count). The fourth-order valence-electron chi connectivity index (χ4n) is 3.43. The Balaban J connectivity index is 2.04. The van der Waals surface area contributed by atoms with Crippen molar-refractivity contribution in [1.29, 1.82) is 0 Å². The Kier molecular flexibility index (Phi) is 5.28. The smallest absolute Gasteiger partial charge is 0.252 e. The highest BCUT2D eigenvalue weighted by Crippen LogP contribution is 2.27. The molecule has 0 aliphatic rings. The number of carbonyl (C=O) groups is 1. The molecule has 136 valence electrons. The molecule has 0 atom stereocenters. The van der Waals surface area contributed by atoms with Crippen LogP contribution in [0.15, 0.2) is 35.3 Å². The van der Waals surface area contributed by atoms with Crippen LogP contribution in [0.25, 0.3) is 10.2 Å². The molecule has 1 amide bonds. The van der Waals surface area contributed by atoms with Gasteiger partial charge in [0.2, 0.25) is 0 Å². The number of hydrogen-bond donors (Lipinski definition) is 0. The molecule has 0 aliphatic carbocycles. The van der Waals surface area contributed by atoms with E-state index in [0.29, 0.717) is 6.42 Å². The van der Waals surface area contributed by atoms with Crippen LogP contribution in [0.3, 0.4) is 0 Å². The van der Waals surface area contributed by atoms with Gasteiger partial charge in [0.25, 0.3) is 5.91 Å². The third-order valence-corrected chi connectivity index (χ3v) is 5.63. The van der Waals surface area contributed by atoms with Gasteiger partial charge in [0.1, 0.15) is 11.3 Å². The van der Waals surface area contributed by atoms with Gasteiger partial charge in [-0.25, -0.2) is 0 Å². The average molecular weight is 369 g/mol. The van der Waals surface area contributed by atoms with Gasteiger partial charge in [-0.3, -0.25) is 4.79 Å². The van der Waals surface area contributed by atoms with Crippen molar-refractivity contribution in [3.05, 3.63) is 57.4 Å². The van der Waals surface area contributed by atoms with E-state index < -0.39 is 0 Å². The lowest BCUT2D eigenvalue weighted by atomic mass is 9.97. The van der Waals surface area contributed by atoms with E-state index in [1.807, 2.05) is 22.8 Å². The number of aromatic nitrogens is 1. The number of methoxy groups -OCH3 is 1. The Labute approximate surface area is 157 Å². The van der Waals surface area contributed by atoms with Gasteiger partial charge in [-0.15, -0.1) is 0 Å². The summed E-state index contributed by atoms with van der Waals surface area (Å²) in [6.07, 6.45) is 0.326. The van der Waals surface area contributed by atoms with Crippen LogP contribution in [0.4, 0.5) is 0 Å². The minimum Gasteiger partial charge on any atom is -0.495 e. The molecular formula is C21H24N2O2S. The van der Waals surface area contributed by atoms with E-state index in [0.717, 1.165) is 44.0 Å². The van der Waals surface area contributed by atoms with Crippen molar-refractivity contribution in [2.75, 3.05) is 7.11 Å². The van der Waals surface area contributed by atoms with E-state index in [1.165, 1.54) is 16.9 Å². The maximum atomic E-state index is 12.7. The summed E-state index contributed by atoms with van der Waals surface area (Å²) >= 11 is 1.52. The normalized spacial score (nSPS) is 12.0. The average Bonchev–Trinajstić information content (AvgIpc) is 2.94. The maximum Gasteiger partial charge on any atom is 0.252 e. The van der Waals surface area contributed by atoms with E-state index in [-0.39, 0.29) is 5.91 Å². The molecule has 1 heterocycles. The Morgan fingerprint density at radius 3 is 2.50 bits per heavy atom. The van der Waals surface area contributed by atoms with Crippen molar-refractivity contribution in [3.63, 3.8) is 0 Å².